The molecule has 180 valence electrons. The maximum absolute atomic E-state index is 13.1. The average molecular weight is 471 g/mol. The number of rotatable bonds is 7. The number of ether oxygens (including phenoxy) is 1. The summed E-state index contributed by atoms with van der Waals surface area (Å²) >= 11 is 0. The molecule has 2 unspecified atom stereocenters. The molecule has 2 atom stereocenters. The van der Waals surface area contributed by atoms with Crippen molar-refractivity contribution >= 4 is 17.8 Å². The average Bonchev–Trinajstić information content (AvgIpc) is 3.78. The molecule has 2 saturated heterocycles. The third-order valence-electron chi connectivity index (χ3n) is 7.70. The number of anilines is 1. The van der Waals surface area contributed by atoms with Gasteiger partial charge in [0.05, 0.1) is 41.7 Å². The Bertz CT molecular complexity index is 1190. The Morgan fingerprint density at radius 1 is 1.23 bits per heavy atom. The lowest BCUT2D eigenvalue weighted by molar-refractivity contribution is -0.142. The molecule has 1 amide bonds. The number of amides is 1. The van der Waals surface area contributed by atoms with Crippen LogP contribution in [-0.2, 0) is 9.53 Å². The Balaban J connectivity index is 1.30. The second-order valence-electron chi connectivity index (χ2n) is 10.2. The first kappa shape index (κ1) is 22.2. The lowest BCUT2D eigenvalue weighted by atomic mass is 10.0. The van der Waals surface area contributed by atoms with E-state index in [-0.39, 0.29) is 18.1 Å². The third kappa shape index (κ3) is 4.41. The highest BCUT2D eigenvalue weighted by Crippen LogP contribution is 2.45. The normalized spacial score (nSPS) is 24.0. The van der Waals surface area contributed by atoms with Crippen LogP contribution in [-0.4, -0.2) is 64.4 Å². The van der Waals surface area contributed by atoms with Crippen LogP contribution in [0.25, 0.3) is 17.3 Å². The van der Waals surface area contributed by atoms with E-state index in [1.54, 1.807) is 12.3 Å². The Labute approximate surface area is 205 Å². The summed E-state index contributed by atoms with van der Waals surface area (Å²) in [6.07, 6.45) is 9.47. The van der Waals surface area contributed by atoms with Gasteiger partial charge in [0.1, 0.15) is 11.9 Å². The lowest BCUT2D eigenvalue weighted by Crippen LogP contribution is -2.57. The number of aromatic nitrogens is 3. The van der Waals surface area contributed by atoms with Gasteiger partial charge in [-0.05, 0) is 55.7 Å². The topological polar surface area (TPSA) is 95.2 Å². The van der Waals surface area contributed by atoms with Gasteiger partial charge in [0.2, 0.25) is 5.91 Å². The fourth-order valence-electron chi connectivity index (χ4n) is 5.29. The summed E-state index contributed by atoms with van der Waals surface area (Å²) in [6.45, 7) is 6.66. The molecule has 2 aliphatic carbocycles. The van der Waals surface area contributed by atoms with Crippen molar-refractivity contribution in [1.29, 1.82) is 5.26 Å². The van der Waals surface area contributed by atoms with Gasteiger partial charge in [-0.3, -0.25) is 4.79 Å². The van der Waals surface area contributed by atoms with Gasteiger partial charge in [-0.25, -0.2) is 4.98 Å². The summed E-state index contributed by atoms with van der Waals surface area (Å²) in [6, 6.07) is 6.44. The summed E-state index contributed by atoms with van der Waals surface area (Å²) < 4.78 is 5.51. The Hall–Kier alpha value is -3.31. The summed E-state index contributed by atoms with van der Waals surface area (Å²) in [7, 11) is 0. The molecule has 0 spiro atoms. The second-order valence-corrected chi connectivity index (χ2v) is 10.2. The van der Waals surface area contributed by atoms with E-state index < -0.39 is 0 Å². The van der Waals surface area contributed by atoms with E-state index in [4.69, 9.17) is 9.72 Å². The Kier molecular flexibility index (Phi) is 5.73. The lowest BCUT2D eigenvalue weighted by Gasteiger charge is -2.43. The van der Waals surface area contributed by atoms with Gasteiger partial charge in [-0.1, -0.05) is 12.7 Å². The van der Waals surface area contributed by atoms with Crippen molar-refractivity contribution < 1.29 is 9.53 Å². The molecule has 4 heterocycles. The molecule has 0 aromatic carbocycles. The molecule has 2 aromatic rings. The van der Waals surface area contributed by atoms with E-state index >= 15 is 0 Å². The predicted molar refractivity (Wildman–Crippen MR) is 131 cm³/mol. The summed E-state index contributed by atoms with van der Waals surface area (Å²) in [4.78, 5) is 22.5. The molecule has 4 fully saturated rings. The monoisotopic (exact) mass is 470 g/mol. The number of nitriles is 1. The second kappa shape index (κ2) is 9.04. The Morgan fingerprint density at radius 2 is 2.06 bits per heavy atom. The molecule has 2 saturated carbocycles. The first-order chi connectivity index (χ1) is 17.1. The maximum Gasteiger partial charge on any atom is 0.225 e. The molecule has 0 bridgehead atoms. The number of piperazine rings is 1. The minimum atomic E-state index is 0.0866. The smallest absolute Gasteiger partial charge is 0.225 e. The zero-order chi connectivity index (χ0) is 23.9. The Morgan fingerprint density at radius 3 is 2.71 bits per heavy atom. The van der Waals surface area contributed by atoms with Crippen molar-refractivity contribution in [1.82, 2.24) is 20.1 Å². The van der Waals surface area contributed by atoms with Gasteiger partial charge in [0, 0.05) is 37.7 Å². The number of carbonyl (C=O) groups is 1. The van der Waals surface area contributed by atoms with Crippen LogP contribution in [0.5, 0.6) is 0 Å². The number of hydrogen-bond donors (Lipinski definition) is 0. The molecular weight excluding hydrogens is 440 g/mol. The molecule has 6 rings (SSSR count). The number of nitrogens with zero attached hydrogens (tertiary/aromatic N) is 6. The van der Waals surface area contributed by atoms with Gasteiger partial charge in [-0.15, -0.1) is 0 Å². The first-order valence-electron chi connectivity index (χ1n) is 12.7. The zero-order valence-corrected chi connectivity index (χ0v) is 19.9. The summed E-state index contributed by atoms with van der Waals surface area (Å²) in [5, 5.41) is 18.5. The standard InChI is InChI=1S/C27H30N6O2/c1-2-17-11-23(31-29-15-17)22-12-20(14-28)27(30-26(22)19-5-6-19)32-8-9-33(24(16-32)18-3-4-18)25(34)13-21-7-10-35-21/h2,11-12,15,18-19,21,24H,1,3-10,13,16H2. The van der Waals surface area contributed by atoms with Crippen LogP contribution < -0.4 is 4.90 Å². The van der Waals surface area contributed by atoms with E-state index in [0.29, 0.717) is 36.9 Å². The number of hydrogen-bond acceptors (Lipinski definition) is 7. The fraction of sp³-hybridized carbons (Fsp3) is 0.519. The van der Waals surface area contributed by atoms with Gasteiger partial charge in [0.15, 0.2) is 0 Å². The van der Waals surface area contributed by atoms with Gasteiger partial charge >= 0.3 is 0 Å². The van der Waals surface area contributed by atoms with Crippen molar-refractivity contribution in [3.8, 4) is 17.3 Å². The molecular formula is C27H30N6O2. The number of carbonyl (C=O) groups excluding carboxylic acids is 1. The molecule has 8 heteroatoms. The molecule has 8 nitrogen and oxygen atoms in total. The van der Waals surface area contributed by atoms with Crippen LogP contribution in [0.2, 0.25) is 0 Å². The van der Waals surface area contributed by atoms with Crippen molar-refractivity contribution in [3.05, 3.63) is 41.7 Å². The molecule has 0 radical (unpaired) electrons. The highest BCUT2D eigenvalue weighted by Gasteiger charge is 2.42. The van der Waals surface area contributed by atoms with Crippen LogP contribution in [0.4, 0.5) is 5.82 Å². The maximum atomic E-state index is 13.1. The summed E-state index contributed by atoms with van der Waals surface area (Å²) in [5.41, 5.74) is 4.05. The van der Waals surface area contributed by atoms with E-state index in [0.717, 1.165) is 73.6 Å². The fourth-order valence-corrected chi connectivity index (χ4v) is 5.29. The highest BCUT2D eigenvalue weighted by atomic mass is 16.5. The zero-order valence-electron chi connectivity index (χ0n) is 19.9. The molecule has 4 aliphatic rings. The van der Waals surface area contributed by atoms with Crippen molar-refractivity contribution in [2.45, 2.75) is 56.6 Å². The minimum absolute atomic E-state index is 0.0866. The van der Waals surface area contributed by atoms with Crippen molar-refractivity contribution in [2.75, 3.05) is 31.1 Å². The van der Waals surface area contributed by atoms with E-state index in [1.165, 1.54) is 0 Å². The summed E-state index contributed by atoms with van der Waals surface area (Å²) in [5.74, 6) is 1.87. The largest absolute Gasteiger partial charge is 0.377 e. The quantitative estimate of drug-likeness (QED) is 0.611. The molecule has 0 N–H and O–H groups in total. The van der Waals surface area contributed by atoms with E-state index in [2.05, 4.69) is 32.6 Å². The minimum Gasteiger partial charge on any atom is -0.377 e. The SMILES string of the molecule is C=Cc1cnnc(-c2cc(C#N)c(N3CCN(C(=O)CC4CCO4)C(C4CC4)C3)nc2C2CC2)c1. The first-order valence-corrected chi connectivity index (χ1v) is 12.7. The predicted octanol–water partition coefficient (Wildman–Crippen LogP) is 3.54. The van der Waals surface area contributed by atoms with Crippen LogP contribution in [0, 0.1) is 17.2 Å². The van der Waals surface area contributed by atoms with Crippen LogP contribution >= 0.6 is 0 Å². The van der Waals surface area contributed by atoms with Crippen LogP contribution in [0.15, 0.2) is 24.9 Å². The highest BCUT2D eigenvalue weighted by molar-refractivity contribution is 5.78. The number of pyridine rings is 1. The van der Waals surface area contributed by atoms with Crippen LogP contribution in [0.3, 0.4) is 0 Å². The van der Waals surface area contributed by atoms with Crippen LogP contribution in [0.1, 0.15) is 61.3 Å². The molecule has 2 aromatic heterocycles. The van der Waals surface area contributed by atoms with Gasteiger partial charge in [0.25, 0.3) is 0 Å². The third-order valence-corrected chi connectivity index (χ3v) is 7.70. The van der Waals surface area contributed by atoms with E-state index in [1.807, 2.05) is 12.1 Å². The molecule has 2 aliphatic heterocycles. The van der Waals surface area contributed by atoms with Gasteiger partial charge in [-0.2, -0.15) is 15.5 Å². The van der Waals surface area contributed by atoms with E-state index in [9.17, 15) is 10.1 Å². The van der Waals surface area contributed by atoms with Crippen molar-refractivity contribution in [2.24, 2.45) is 5.92 Å². The van der Waals surface area contributed by atoms with Crippen molar-refractivity contribution in [3.63, 3.8) is 0 Å². The van der Waals surface area contributed by atoms with Gasteiger partial charge < -0.3 is 14.5 Å². The molecule has 35 heavy (non-hydrogen) atoms.